The zero-order valence-corrected chi connectivity index (χ0v) is 10.7. The number of nitrogens with two attached hydrogens (primary N) is 1. The van der Waals surface area contributed by atoms with Crippen molar-refractivity contribution in [1.29, 1.82) is 0 Å². The molecular weight excluding hydrogens is 244 g/mol. The fraction of sp³-hybridized carbons (Fsp3) is 0.154. The van der Waals surface area contributed by atoms with Gasteiger partial charge in [-0.1, -0.05) is 6.07 Å². The number of benzene rings is 1. The summed E-state index contributed by atoms with van der Waals surface area (Å²) in [6.45, 7) is 3.81. The third-order valence-electron chi connectivity index (χ3n) is 2.92. The van der Waals surface area contributed by atoms with Gasteiger partial charge in [-0.15, -0.1) is 0 Å². The molecule has 6 nitrogen and oxygen atoms in total. The summed E-state index contributed by atoms with van der Waals surface area (Å²) in [5.41, 5.74) is 8.60. The molecule has 0 aliphatic carbocycles. The third kappa shape index (κ3) is 2.62. The molecule has 2 rings (SSSR count). The fourth-order valence-corrected chi connectivity index (χ4v) is 1.65. The summed E-state index contributed by atoms with van der Waals surface area (Å²) in [6.07, 6.45) is 0. The van der Waals surface area contributed by atoms with E-state index in [-0.39, 0.29) is 11.3 Å². The van der Waals surface area contributed by atoms with Crippen LogP contribution in [0.2, 0.25) is 0 Å². The molecule has 1 amide bonds. The van der Waals surface area contributed by atoms with E-state index in [0.29, 0.717) is 11.4 Å². The molecule has 19 heavy (non-hydrogen) atoms. The highest BCUT2D eigenvalue weighted by Gasteiger charge is 2.12. The molecule has 0 saturated heterocycles. The van der Waals surface area contributed by atoms with E-state index in [1.54, 1.807) is 6.07 Å². The molecule has 1 aromatic heterocycles. The van der Waals surface area contributed by atoms with Crippen LogP contribution in [0.1, 0.15) is 21.6 Å². The van der Waals surface area contributed by atoms with Crippen molar-refractivity contribution < 1.29 is 4.79 Å². The van der Waals surface area contributed by atoms with Crippen molar-refractivity contribution in [2.75, 3.05) is 11.1 Å². The van der Waals surface area contributed by atoms with Crippen molar-refractivity contribution in [3.05, 3.63) is 51.4 Å². The van der Waals surface area contributed by atoms with E-state index >= 15 is 0 Å². The number of rotatable bonds is 2. The summed E-state index contributed by atoms with van der Waals surface area (Å²) in [5.74, 6) is -0.420. The van der Waals surface area contributed by atoms with Gasteiger partial charge in [0.15, 0.2) is 0 Å². The van der Waals surface area contributed by atoms with Crippen LogP contribution < -0.4 is 16.6 Å². The van der Waals surface area contributed by atoms with Gasteiger partial charge in [0.25, 0.3) is 11.5 Å². The minimum Gasteiger partial charge on any atom is -0.397 e. The number of nitrogen functional groups attached to an aromatic ring is 1. The number of H-pyrrole nitrogens is 1. The molecular formula is C13H14N4O2. The molecule has 0 unspecified atom stereocenters. The minimum absolute atomic E-state index is 0.125. The smallest absolute Gasteiger partial charge is 0.276 e. The van der Waals surface area contributed by atoms with E-state index in [0.717, 1.165) is 11.1 Å². The molecule has 0 atom stereocenters. The van der Waals surface area contributed by atoms with Crippen LogP contribution in [0, 0.1) is 13.8 Å². The van der Waals surface area contributed by atoms with Crippen LogP contribution in [0.3, 0.4) is 0 Å². The first-order valence-electron chi connectivity index (χ1n) is 5.72. The number of hydrogen-bond donors (Lipinski definition) is 3. The summed E-state index contributed by atoms with van der Waals surface area (Å²) in [5, 5.41) is 8.58. The molecule has 0 aliphatic heterocycles. The highest BCUT2D eigenvalue weighted by atomic mass is 16.2. The maximum atomic E-state index is 12.0. The second-order valence-electron chi connectivity index (χ2n) is 4.23. The monoisotopic (exact) mass is 258 g/mol. The first kappa shape index (κ1) is 12.8. The van der Waals surface area contributed by atoms with Gasteiger partial charge in [-0.05, 0) is 37.1 Å². The standard InChI is InChI=1S/C13H14N4O2/c1-7-3-4-9(14)12(8(7)2)15-13(19)10-5-6-11(18)17-16-10/h3-6H,14H2,1-2H3,(H,15,19)(H,17,18). The molecule has 0 saturated carbocycles. The van der Waals surface area contributed by atoms with Crippen molar-refractivity contribution >= 4 is 17.3 Å². The van der Waals surface area contributed by atoms with Crippen molar-refractivity contribution in [1.82, 2.24) is 10.2 Å². The largest absolute Gasteiger partial charge is 0.397 e. The Hall–Kier alpha value is -2.63. The van der Waals surface area contributed by atoms with E-state index in [1.807, 2.05) is 19.9 Å². The van der Waals surface area contributed by atoms with Crippen molar-refractivity contribution in [2.24, 2.45) is 0 Å². The van der Waals surface area contributed by atoms with Crippen LogP contribution in [0.15, 0.2) is 29.1 Å². The number of nitrogens with one attached hydrogen (secondary N) is 2. The zero-order valence-electron chi connectivity index (χ0n) is 10.7. The van der Waals surface area contributed by atoms with Crippen LogP contribution in [-0.2, 0) is 0 Å². The van der Waals surface area contributed by atoms with Crippen LogP contribution >= 0.6 is 0 Å². The first-order valence-corrected chi connectivity index (χ1v) is 5.72. The summed E-state index contributed by atoms with van der Waals surface area (Å²) in [7, 11) is 0. The second kappa shape index (κ2) is 4.93. The van der Waals surface area contributed by atoms with E-state index in [1.165, 1.54) is 12.1 Å². The Morgan fingerprint density at radius 3 is 2.63 bits per heavy atom. The number of aromatic amines is 1. The average molecular weight is 258 g/mol. The summed E-state index contributed by atoms with van der Waals surface area (Å²) < 4.78 is 0. The second-order valence-corrected chi connectivity index (χ2v) is 4.23. The highest BCUT2D eigenvalue weighted by Crippen LogP contribution is 2.26. The van der Waals surface area contributed by atoms with Gasteiger partial charge in [0.1, 0.15) is 5.69 Å². The van der Waals surface area contributed by atoms with Crippen LogP contribution in [0.4, 0.5) is 11.4 Å². The van der Waals surface area contributed by atoms with E-state index in [9.17, 15) is 9.59 Å². The lowest BCUT2D eigenvalue weighted by atomic mass is 10.1. The molecule has 0 radical (unpaired) electrons. The van der Waals surface area contributed by atoms with Gasteiger partial charge in [0.2, 0.25) is 0 Å². The Labute approximate surface area is 109 Å². The number of hydrogen-bond acceptors (Lipinski definition) is 4. The maximum absolute atomic E-state index is 12.0. The summed E-state index contributed by atoms with van der Waals surface area (Å²) >= 11 is 0. The van der Waals surface area contributed by atoms with Crippen molar-refractivity contribution in [2.45, 2.75) is 13.8 Å². The first-order chi connectivity index (χ1) is 8.99. The molecule has 0 aliphatic rings. The average Bonchev–Trinajstić information content (AvgIpc) is 2.40. The maximum Gasteiger partial charge on any atom is 0.276 e. The fourth-order valence-electron chi connectivity index (χ4n) is 1.65. The number of anilines is 2. The number of carbonyl (C=O) groups is 1. The van der Waals surface area contributed by atoms with Gasteiger partial charge in [0.05, 0.1) is 11.4 Å². The SMILES string of the molecule is Cc1ccc(N)c(NC(=O)c2ccc(=O)[nH]n2)c1C. The van der Waals surface area contributed by atoms with Gasteiger partial charge in [-0.25, -0.2) is 5.10 Å². The van der Waals surface area contributed by atoms with Gasteiger partial charge < -0.3 is 11.1 Å². The molecule has 1 heterocycles. The molecule has 6 heteroatoms. The Morgan fingerprint density at radius 1 is 1.26 bits per heavy atom. The predicted octanol–water partition coefficient (Wildman–Crippen LogP) is 1.22. The molecule has 0 bridgehead atoms. The number of aryl methyl sites for hydroxylation is 1. The summed E-state index contributed by atoms with van der Waals surface area (Å²) in [4.78, 5) is 22.9. The topological polar surface area (TPSA) is 101 Å². The lowest BCUT2D eigenvalue weighted by Crippen LogP contribution is -2.18. The van der Waals surface area contributed by atoms with Gasteiger partial charge in [0, 0.05) is 6.07 Å². The third-order valence-corrected chi connectivity index (χ3v) is 2.92. The number of nitrogens with zero attached hydrogens (tertiary/aromatic N) is 1. The molecule has 0 fully saturated rings. The van der Waals surface area contributed by atoms with Gasteiger partial charge in [-0.2, -0.15) is 5.10 Å². The number of carbonyl (C=O) groups excluding carboxylic acids is 1. The summed E-state index contributed by atoms with van der Waals surface area (Å²) in [6, 6.07) is 6.22. The van der Waals surface area contributed by atoms with Crippen LogP contribution in [0.5, 0.6) is 0 Å². The van der Waals surface area contributed by atoms with Crippen LogP contribution in [-0.4, -0.2) is 16.1 Å². The van der Waals surface area contributed by atoms with Crippen molar-refractivity contribution in [3.63, 3.8) is 0 Å². The highest BCUT2D eigenvalue weighted by molar-refractivity contribution is 6.05. The zero-order chi connectivity index (χ0) is 14.0. The van der Waals surface area contributed by atoms with Crippen LogP contribution in [0.25, 0.3) is 0 Å². The lowest BCUT2D eigenvalue weighted by Gasteiger charge is -2.12. The number of aromatic nitrogens is 2. The van der Waals surface area contributed by atoms with Gasteiger partial charge in [-0.3, -0.25) is 9.59 Å². The Kier molecular flexibility index (Phi) is 3.33. The Bertz CT molecular complexity index is 671. The van der Waals surface area contributed by atoms with E-state index < -0.39 is 5.91 Å². The Balaban J connectivity index is 2.31. The molecule has 98 valence electrons. The van der Waals surface area contributed by atoms with Gasteiger partial charge >= 0.3 is 0 Å². The molecule has 2 aromatic rings. The minimum atomic E-state index is -0.420. The Morgan fingerprint density at radius 2 is 2.00 bits per heavy atom. The van der Waals surface area contributed by atoms with E-state index in [2.05, 4.69) is 15.5 Å². The lowest BCUT2D eigenvalue weighted by molar-refractivity contribution is 0.102. The molecule has 0 spiro atoms. The van der Waals surface area contributed by atoms with Crippen molar-refractivity contribution in [3.8, 4) is 0 Å². The predicted molar refractivity (Wildman–Crippen MR) is 73.1 cm³/mol. The number of amides is 1. The molecule has 1 aromatic carbocycles. The quantitative estimate of drug-likeness (QED) is 0.705. The van der Waals surface area contributed by atoms with E-state index in [4.69, 9.17) is 5.73 Å². The molecule has 4 N–H and O–H groups in total. The normalized spacial score (nSPS) is 10.2.